The van der Waals surface area contributed by atoms with E-state index < -0.39 is 11.9 Å². The van der Waals surface area contributed by atoms with Crippen LogP contribution in [0.4, 0.5) is 0 Å². The molecule has 0 saturated heterocycles. The molecule has 2 aromatic carbocycles. The topological polar surface area (TPSA) is 71.1 Å². The molecule has 0 aromatic heterocycles. The van der Waals surface area contributed by atoms with E-state index in [1.165, 1.54) is 32.1 Å². The maximum Gasteiger partial charge on any atom is 0.343 e. The fourth-order valence-electron chi connectivity index (χ4n) is 3.57. The highest BCUT2D eigenvalue weighted by molar-refractivity contribution is 5.92. The normalized spacial score (nSPS) is 11.6. The summed E-state index contributed by atoms with van der Waals surface area (Å²) in [6.07, 6.45) is 10.2. The Morgan fingerprint density at radius 3 is 1.86 bits per heavy atom. The van der Waals surface area contributed by atoms with Crippen LogP contribution in [0.3, 0.4) is 0 Å². The first kappa shape index (κ1) is 29.4. The van der Waals surface area contributed by atoms with Gasteiger partial charge in [-0.1, -0.05) is 58.8 Å². The van der Waals surface area contributed by atoms with Crippen molar-refractivity contribution in [2.24, 2.45) is 0 Å². The third kappa shape index (κ3) is 11.7. The van der Waals surface area contributed by atoms with Crippen LogP contribution in [-0.4, -0.2) is 37.9 Å². The van der Waals surface area contributed by atoms with Gasteiger partial charge in [-0.05, 0) is 68.3 Å². The molecule has 0 saturated carbocycles. The van der Waals surface area contributed by atoms with Crippen molar-refractivity contribution in [2.75, 3.05) is 19.8 Å². The molecule has 2 rings (SSSR count). The Morgan fingerprint density at radius 2 is 1.19 bits per heavy atom. The van der Waals surface area contributed by atoms with E-state index in [1.807, 2.05) is 0 Å². The Hall–Kier alpha value is -2.86. The molecule has 1 atom stereocenters. The fourth-order valence-corrected chi connectivity index (χ4v) is 3.57. The maximum absolute atomic E-state index is 12.5. The highest BCUT2D eigenvalue weighted by Gasteiger charge is 2.14. The van der Waals surface area contributed by atoms with Gasteiger partial charge in [-0.15, -0.1) is 0 Å². The zero-order valence-corrected chi connectivity index (χ0v) is 22.1. The summed E-state index contributed by atoms with van der Waals surface area (Å²) in [6, 6.07) is 13.3. The van der Waals surface area contributed by atoms with Crippen molar-refractivity contribution >= 4 is 11.9 Å². The summed E-state index contributed by atoms with van der Waals surface area (Å²) in [7, 11) is 0. The Kier molecular flexibility index (Phi) is 14.3. The number of hydrogen-bond acceptors (Lipinski definition) is 6. The Labute approximate surface area is 216 Å². The number of carbonyl (C=O) groups excluding carboxylic acids is 2. The zero-order chi connectivity index (χ0) is 26.0. The fraction of sp³-hybridized carbons (Fsp3) is 0.533. The Bertz CT molecular complexity index is 875. The van der Waals surface area contributed by atoms with Gasteiger partial charge in [0.25, 0.3) is 0 Å². The van der Waals surface area contributed by atoms with Gasteiger partial charge in [-0.25, -0.2) is 9.59 Å². The predicted octanol–water partition coefficient (Wildman–Crippen LogP) is 7.40. The average Bonchev–Trinajstić information content (AvgIpc) is 2.88. The van der Waals surface area contributed by atoms with Crippen LogP contribution in [0.5, 0.6) is 11.5 Å². The molecule has 1 unspecified atom stereocenters. The van der Waals surface area contributed by atoms with E-state index in [0.717, 1.165) is 31.4 Å². The van der Waals surface area contributed by atoms with E-state index in [0.29, 0.717) is 36.7 Å². The van der Waals surface area contributed by atoms with E-state index in [2.05, 4.69) is 13.8 Å². The van der Waals surface area contributed by atoms with E-state index in [1.54, 1.807) is 55.5 Å². The van der Waals surface area contributed by atoms with E-state index in [4.69, 9.17) is 18.9 Å². The summed E-state index contributed by atoms with van der Waals surface area (Å²) in [5.74, 6) is 0.187. The third-order valence-corrected chi connectivity index (χ3v) is 5.71. The molecule has 0 bridgehead atoms. The lowest BCUT2D eigenvalue weighted by Gasteiger charge is -2.14. The molecule has 0 aliphatic carbocycles. The van der Waals surface area contributed by atoms with Crippen LogP contribution in [0, 0.1) is 0 Å². The lowest BCUT2D eigenvalue weighted by molar-refractivity contribution is 0.00156. The first-order chi connectivity index (χ1) is 17.5. The minimum absolute atomic E-state index is 0.339. The summed E-state index contributed by atoms with van der Waals surface area (Å²) >= 11 is 0. The van der Waals surface area contributed by atoms with Gasteiger partial charge in [0.15, 0.2) is 0 Å². The number of ether oxygens (including phenoxy) is 4. The summed E-state index contributed by atoms with van der Waals surface area (Å²) < 4.78 is 22.2. The molecule has 0 aliphatic rings. The molecule has 0 N–H and O–H groups in total. The van der Waals surface area contributed by atoms with Crippen LogP contribution in [0.25, 0.3) is 0 Å². The van der Waals surface area contributed by atoms with Crippen LogP contribution in [0.15, 0.2) is 48.5 Å². The van der Waals surface area contributed by atoms with Crippen LogP contribution in [0.2, 0.25) is 0 Å². The number of esters is 2. The van der Waals surface area contributed by atoms with E-state index in [9.17, 15) is 9.59 Å². The number of carbonyl (C=O) groups is 2. The van der Waals surface area contributed by atoms with Crippen LogP contribution in [0.1, 0.15) is 99.3 Å². The lowest BCUT2D eigenvalue weighted by atomic mass is 10.1. The number of rotatable bonds is 18. The largest absolute Gasteiger partial charge is 0.494 e. The SMILES string of the molecule is CCCCCCCCOc1ccc(C(=O)Oc2ccc(C(=O)OC(C)COCCCCC)cc2)cc1. The average molecular weight is 499 g/mol. The van der Waals surface area contributed by atoms with Gasteiger partial charge in [0, 0.05) is 6.61 Å². The van der Waals surface area contributed by atoms with Gasteiger partial charge in [-0.3, -0.25) is 0 Å². The molecule has 0 spiro atoms. The zero-order valence-electron chi connectivity index (χ0n) is 22.1. The highest BCUT2D eigenvalue weighted by atomic mass is 16.6. The molecule has 0 heterocycles. The van der Waals surface area contributed by atoms with Crippen molar-refractivity contribution in [3.63, 3.8) is 0 Å². The van der Waals surface area contributed by atoms with Crippen LogP contribution >= 0.6 is 0 Å². The van der Waals surface area contributed by atoms with Crippen molar-refractivity contribution in [2.45, 2.75) is 84.7 Å². The minimum atomic E-state index is -0.471. The van der Waals surface area contributed by atoms with Crippen molar-refractivity contribution in [1.29, 1.82) is 0 Å². The second kappa shape index (κ2) is 17.6. The predicted molar refractivity (Wildman–Crippen MR) is 142 cm³/mol. The summed E-state index contributed by atoms with van der Waals surface area (Å²) in [5.41, 5.74) is 0.817. The van der Waals surface area contributed by atoms with Crippen LogP contribution in [-0.2, 0) is 9.47 Å². The monoisotopic (exact) mass is 498 g/mol. The second-order valence-corrected chi connectivity index (χ2v) is 9.05. The summed E-state index contributed by atoms with van der Waals surface area (Å²) in [6.45, 7) is 7.88. The first-order valence-electron chi connectivity index (χ1n) is 13.4. The molecule has 0 aliphatic heterocycles. The Morgan fingerprint density at radius 1 is 0.667 bits per heavy atom. The van der Waals surface area contributed by atoms with Crippen molar-refractivity contribution < 1.29 is 28.5 Å². The molecule has 0 amide bonds. The summed E-state index contributed by atoms with van der Waals surface area (Å²) in [5, 5.41) is 0. The molecular weight excluding hydrogens is 456 g/mol. The van der Waals surface area contributed by atoms with Gasteiger partial charge in [0.05, 0.1) is 24.3 Å². The quantitative estimate of drug-likeness (QED) is 0.121. The van der Waals surface area contributed by atoms with E-state index >= 15 is 0 Å². The Balaban J connectivity index is 1.72. The van der Waals surface area contributed by atoms with Crippen LogP contribution < -0.4 is 9.47 Å². The number of benzene rings is 2. The maximum atomic E-state index is 12.5. The van der Waals surface area contributed by atoms with Gasteiger partial charge in [0.2, 0.25) is 0 Å². The molecule has 198 valence electrons. The highest BCUT2D eigenvalue weighted by Crippen LogP contribution is 2.18. The van der Waals surface area contributed by atoms with E-state index in [-0.39, 0.29) is 6.10 Å². The molecule has 2 aromatic rings. The van der Waals surface area contributed by atoms with Crippen molar-refractivity contribution in [3.05, 3.63) is 59.7 Å². The van der Waals surface area contributed by atoms with Gasteiger partial charge in [-0.2, -0.15) is 0 Å². The first-order valence-corrected chi connectivity index (χ1v) is 13.4. The van der Waals surface area contributed by atoms with Crippen molar-refractivity contribution in [1.82, 2.24) is 0 Å². The number of unbranched alkanes of at least 4 members (excludes halogenated alkanes) is 7. The minimum Gasteiger partial charge on any atom is -0.494 e. The summed E-state index contributed by atoms with van der Waals surface area (Å²) in [4.78, 5) is 24.8. The smallest absolute Gasteiger partial charge is 0.343 e. The molecular formula is C30H42O6. The molecule has 36 heavy (non-hydrogen) atoms. The van der Waals surface area contributed by atoms with Gasteiger partial charge in [0.1, 0.15) is 17.6 Å². The van der Waals surface area contributed by atoms with Gasteiger partial charge >= 0.3 is 11.9 Å². The number of hydrogen-bond donors (Lipinski definition) is 0. The van der Waals surface area contributed by atoms with Crippen molar-refractivity contribution in [3.8, 4) is 11.5 Å². The third-order valence-electron chi connectivity index (χ3n) is 5.71. The second-order valence-electron chi connectivity index (χ2n) is 9.05. The standard InChI is InChI=1S/C30H42O6/c1-4-6-8-9-10-12-22-34-27-17-13-26(14-18-27)30(32)36-28-19-15-25(16-20-28)29(31)35-24(3)23-33-21-11-7-5-2/h13-20,24H,4-12,21-23H2,1-3H3. The molecule has 0 radical (unpaired) electrons. The van der Waals surface area contributed by atoms with Gasteiger partial charge < -0.3 is 18.9 Å². The molecule has 6 heteroatoms. The molecule has 0 fully saturated rings. The molecule has 6 nitrogen and oxygen atoms in total. The lowest BCUT2D eigenvalue weighted by Crippen LogP contribution is -2.20.